The van der Waals surface area contributed by atoms with Crippen LogP contribution in [0.25, 0.3) is 0 Å². The smallest absolute Gasteiger partial charge is 0.250 e. The number of nitrogens with one attached hydrogen (secondary N) is 2. The molecule has 3 N–H and O–H groups in total. The molecule has 3 aromatic rings. The number of rotatable bonds is 9. The Bertz CT molecular complexity index is 1250. The Morgan fingerprint density at radius 1 is 1.19 bits per heavy atom. The lowest BCUT2D eigenvalue weighted by Gasteiger charge is -2.29. The van der Waals surface area contributed by atoms with Gasteiger partial charge in [0.15, 0.2) is 5.78 Å². The molecule has 0 spiro atoms. The molecule has 0 radical (unpaired) electrons. The van der Waals surface area contributed by atoms with E-state index in [0.717, 1.165) is 0 Å². The molecule has 11 heteroatoms. The Balaban J connectivity index is 0.00000361. The highest BCUT2D eigenvalue weighted by Crippen LogP contribution is 2.35. The monoisotopic (exact) mass is 492 g/mol. The van der Waals surface area contributed by atoms with E-state index in [1.54, 1.807) is 35.2 Å². The van der Waals surface area contributed by atoms with Gasteiger partial charge in [-0.15, -0.1) is 0 Å². The van der Waals surface area contributed by atoms with Crippen LogP contribution < -0.4 is 25.0 Å². The largest absolute Gasteiger partial charge is 0.490 e. The fourth-order valence-corrected chi connectivity index (χ4v) is 3.39. The first kappa shape index (κ1) is 26.1. The van der Waals surface area contributed by atoms with Crippen molar-refractivity contribution in [2.45, 2.75) is 14.4 Å². The lowest BCUT2D eigenvalue weighted by atomic mass is 10.2. The highest BCUT2D eigenvalue weighted by molar-refractivity contribution is 6.03. The number of ketones is 1. The Morgan fingerprint density at radius 3 is 2.69 bits per heavy atom. The highest BCUT2D eigenvalue weighted by Gasteiger charge is 2.23. The average molecular weight is 493 g/mol. The molecule has 0 atom stereocenters. The van der Waals surface area contributed by atoms with Gasteiger partial charge in [0, 0.05) is 18.0 Å². The van der Waals surface area contributed by atoms with E-state index in [9.17, 15) is 9.59 Å². The molecule has 0 bridgehead atoms. The first-order valence-electron chi connectivity index (χ1n) is 10.8. The first-order chi connectivity index (χ1) is 17.0. The van der Waals surface area contributed by atoms with Gasteiger partial charge in [0.2, 0.25) is 11.8 Å². The lowest BCUT2D eigenvalue weighted by Crippen LogP contribution is -2.36. The zero-order valence-electron chi connectivity index (χ0n) is 19.0. The van der Waals surface area contributed by atoms with Crippen LogP contribution in [0, 0.1) is 0 Å². The molecule has 3 heterocycles. The minimum atomic E-state index is -0.231. The van der Waals surface area contributed by atoms with E-state index in [4.69, 9.17) is 14.6 Å². The number of carbonyl (C=O) groups excluding carboxylic acids is 2. The van der Waals surface area contributed by atoms with Crippen LogP contribution in [-0.4, -0.2) is 58.1 Å². The number of ether oxygens (including phenoxy) is 2. The summed E-state index contributed by atoms with van der Waals surface area (Å²) in [5, 5.41) is 15.0. The number of hydrogen-bond acceptors (Lipinski definition) is 10. The molecule has 11 nitrogen and oxygen atoms in total. The average Bonchev–Trinajstić information content (AvgIpc) is 2.87. The second-order valence-corrected chi connectivity index (χ2v) is 7.44. The number of anilines is 5. The van der Waals surface area contributed by atoms with Crippen LogP contribution in [-0.2, 0) is 4.79 Å². The number of fused-ring (bicyclic) bond motifs is 1. The summed E-state index contributed by atoms with van der Waals surface area (Å²) in [7, 11) is 0. The number of hydrogen-bond donors (Lipinski definition) is 3. The molecule has 188 valence electrons. The van der Waals surface area contributed by atoms with E-state index in [1.807, 2.05) is 0 Å². The van der Waals surface area contributed by atoms with E-state index >= 15 is 0 Å². The minimum Gasteiger partial charge on any atom is -0.490 e. The summed E-state index contributed by atoms with van der Waals surface area (Å²) in [6, 6.07) is 8.65. The van der Waals surface area contributed by atoms with E-state index in [1.165, 1.54) is 25.4 Å². The van der Waals surface area contributed by atoms with Crippen LogP contribution in [0.3, 0.4) is 0 Å². The maximum absolute atomic E-state index is 12.3. The summed E-state index contributed by atoms with van der Waals surface area (Å²) in [6.45, 7) is 5.83. The summed E-state index contributed by atoms with van der Waals surface area (Å²) in [6.07, 6.45) is 4.23. The van der Waals surface area contributed by atoms with Crippen LogP contribution in [0.2, 0.25) is 0 Å². The Morgan fingerprint density at radius 2 is 2.00 bits per heavy atom. The summed E-state index contributed by atoms with van der Waals surface area (Å²) >= 11 is 0. The van der Waals surface area contributed by atoms with Crippen molar-refractivity contribution in [3.8, 4) is 11.6 Å². The molecule has 4 rings (SSSR count). The van der Waals surface area contributed by atoms with Gasteiger partial charge in [-0.05, 0) is 37.3 Å². The van der Waals surface area contributed by atoms with Gasteiger partial charge in [-0.25, -0.2) is 9.97 Å². The zero-order chi connectivity index (χ0) is 24.8. The molecule has 2 aromatic heterocycles. The quantitative estimate of drug-likeness (QED) is 0.300. The molecular formula is C25H28N6O5. The van der Waals surface area contributed by atoms with Gasteiger partial charge in [0.05, 0.1) is 36.3 Å². The highest BCUT2D eigenvalue weighted by atomic mass is 16.5. The summed E-state index contributed by atoms with van der Waals surface area (Å²) < 4.78 is 10.9. The third-order valence-electron chi connectivity index (χ3n) is 5.03. The molecule has 0 aliphatic carbocycles. The molecular weight excluding hydrogens is 464 g/mol. The maximum atomic E-state index is 12.3. The fourth-order valence-electron chi connectivity index (χ4n) is 3.39. The number of aliphatic hydroxyl groups excluding tert-OH is 1. The van der Waals surface area contributed by atoms with Crippen LogP contribution in [0.4, 0.5) is 28.8 Å². The predicted octanol–water partition coefficient (Wildman–Crippen LogP) is 3.48. The van der Waals surface area contributed by atoms with Crippen molar-refractivity contribution in [1.82, 2.24) is 15.0 Å². The van der Waals surface area contributed by atoms with Gasteiger partial charge < -0.3 is 30.1 Å². The minimum absolute atomic E-state index is 0. The number of pyridine rings is 1. The molecule has 1 aromatic carbocycles. The molecule has 1 aliphatic heterocycles. The zero-order valence-corrected chi connectivity index (χ0v) is 19.0. The third kappa shape index (κ3) is 5.94. The molecule has 1 aliphatic rings. The Labute approximate surface area is 208 Å². The Kier molecular flexibility index (Phi) is 8.52. The van der Waals surface area contributed by atoms with Crippen LogP contribution in [0.15, 0.2) is 55.4 Å². The van der Waals surface area contributed by atoms with Gasteiger partial charge in [-0.2, -0.15) is 4.98 Å². The molecule has 0 saturated carbocycles. The van der Waals surface area contributed by atoms with Gasteiger partial charge in [-0.3, -0.25) is 9.59 Å². The summed E-state index contributed by atoms with van der Waals surface area (Å²) in [5.41, 5.74) is 2.11. The molecule has 1 amide bonds. The van der Waals surface area contributed by atoms with Crippen molar-refractivity contribution in [2.24, 2.45) is 0 Å². The van der Waals surface area contributed by atoms with E-state index in [-0.39, 0.29) is 38.3 Å². The summed E-state index contributed by atoms with van der Waals surface area (Å²) in [4.78, 5) is 38.9. The van der Waals surface area contributed by atoms with Crippen LogP contribution in [0.1, 0.15) is 24.7 Å². The fraction of sp³-hybridized carbons (Fsp3) is 0.240. The second-order valence-electron chi connectivity index (χ2n) is 7.44. The molecule has 0 unspecified atom stereocenters. The lowest BCUT2D eigenvalue weighted by molar-refractivity contribution is -0.114. The summed E-state index contributed by atoms with van der Waals surface area (Å²) in [5.74, 6) is 1.05. The van der Waals surface area contributed by atoms with E-state index in [0.29, 0.717) is 53.2 Å². The van der Waals surface area contributed by atoms with Crippen LogP contribution >= 0.6 is 0 Å². The second kappa shape index (κ2) is 11.8. The predicted molar refractivity (Wildman–Crippen MR) is 137 cm³/mol. The van der Waals surface area contributed by atoms with Crippen molar-refractivity contribution in [1.29, 1.82) is 0 Å². The van der Waals surface area contributed by atoms with Crippen molar-refractivity contribution in [2.75, 3.05) is 41.9 Å². The van der Waals surface area contributed by atoms with Crippen molar-refractivity contribution >= 4 is 40.5 Å². The number of Topliss-reactive ketones (excluding diaryl/α,β-unsaturated/α-hetero) is 1. The van der Waals surface area contributed by atoms with E-state index < -0.39 is 0 Å². The number of aliphatic hydroxyl groups is 1. The maximum Gasteiger partial charge on any atom is 0.250 e. The standard InChI is InChI=1S/C24H24N6O5.CH4/c1-3-22(33)30-8-10-34-20-6-4-16(12-19(20)30)27-23-18(15(2)32)14-26-24(29-23)28-17-5-7-21(25-13-17)35-11-9-31;/h3-7,12-14,31H,1,8-11H2,2H3,(H2,26,27,28,29);1H4. The molecule has 0 fully saturated rings. The number of benzene rings is 1. The Hall–Kier alpha value is -4.51. The number of aromatic nitrogens is 3. The topological polar surface area (TPSA) is 139 Å². The van der Waals surface area contributed by atoms with Gasteiger partial charge in [-0.1, -0.05) is 14.0 Å². The van der Waals surface area contributed by atoms with Crippen molar-refractivity contribution < 1.29 is 24.2 Å². The SMILES string of the molecule is C.C=CC(=O)N1CCOc2ccc(Nc3nc(Nc4ccc(OCCO)nc4)ncc3C(C)=O)cc21. The normalized spacial score (nSPS) is 11.9. The number of amides is 1. The van der Waals surface area contributed by atoms with Gasteiger partial charge in [0.25, 0.3) is 5.91 Å². The van der Waals surface area contributed by atoms with Crippen molar-refractivity contribution in [3.05, 3.63) is 60.9 Å². The first-order valence-corrected chi connectivity index (χ1v) is 10.8. The van der Waals surface area contributed by atoms with Crippen LogP contribution in [0.5, 0.6) is 11.6 Å². The van der Waals surface area contributed by atoms with Gasteiger partial charge >= 0.3 is 0 Å². The number of carbonyl (C=O) groups is 2. The molecule has 36 heavy (non-hydrogen) atoms. The number of nitrogens with zero attached hydrogens (tertiary/aromatic N) is 4. The van der Waals surface area contributed by atoms with Crippen molar-refractivity contribution in [3.63, 3.8) is 0 Å². The molecule has 0 saturated heterocycles. The van der Waals surface area contributed by atoms with Gasteiger partial charge in [0.1, 0.15) is 24.8 Å². The third-order valence-corrected chi connectivity index (χ3v) is 5.03. The van der Waals surface area contributed by atoms with E-state index in [2.05, 4.69) is 32.2 Å².